The second-order valence-corrected chi connectivity index (χ2v) is 8.01. The molecule has 1 nitrogen and oxygen atoms in total. The van der Waals surface area contributed by atoms with Gasteiger partial charge in [-0.25, -0.2) is 0 Å². The number of methoxy groups -OCH3 is 1. The zero-order valence-corrected chi connectivity index (χ0v) is 16.6. The highest BCUT2D eigenvalue weighted by Crippen LogP contribution is 2.41. The van der Waals surface area contributed by atoms with Gasteiger partial charge in [-0.05, 0) is 83.5 Å². The molecular weight excluding hydrogens is 328 g/mol. The molecule has 1 aliphatic carbocycles. The van der Waals surface area contributed by atoms with Crippen molar-refractivity contribution in [2.45, 2.75) is 57.3 Å². The Kier molecular flexibility index (Phi) is 5.48. The summed E-state index contributed by atoms with van der Waals surface area (Å²) >= 11 is 0. The van der Waals surface area contributed by atoms with E-state index in [0.717, 1.165) is 11.7 Å². The molecule has 0 heterocycles. The van der Waals surface area contributed by atoms with Crippen LogP contribution in [0.1, 0.15) is 67.6 Å². The number of hydrogen-bond acceptors (Lipinski definition) is 1. The predicted octanol–water partition coefficient (Wildman–Crippen LogP) is 7.24. The van der Waals surface area contributed by atoms with Gasteiger partial charge in [0.25, 0.3) is 0 Å². The summed E-state index contributed by atoms with van der Waals surface area (Å²) in [5, 5.41) is 2.58. The Bertz CT molecular complexity index is 886. The van der Waals surface area contributed by atoms with E-state index in [1.54, 1.807) is 12.7 Å². The first-order valence-corrected chi connectivity index (χ1v) is 10.4. The lowest BCUT2D eigenvalue weighted by Crippen LogP contribution is -2.12. The smallest absolute Gasteiger partial charge is 0.119 e. The molecule has 3 aromatic rings. The molecule has 0 atom stereocenters. The predicted molar refractivity (Wildman–Crippen MR) is 115 cm³/mol. The van der Waals surface area contributed by atoms with E-state index in [1.165, 1.54) is 60.4 Å². The van der Waals surface area contributed by atoms with Crippen molar-refractivity contribution in [3.8, 4) is 5.75 Å². The Morgan fingerprint density at radius 3 is 2.00 bits per heavy atom. The zero-order chi connectivity index (χ0) is 18.6. The largest absolute Gasteiger partial charge is 0.497 e. The fraction of sp³-hybridized carbons (Fsp3) is 0.385. The van der Waals surface area contributed by atoms with Crippen LogP contribution in [-0.4, -0.2) is 7.11 Å². The topological polar surface area (TPSA) is 9.23 Å². The quantitative estimate of drug-likeness (QED) is 0.467. The molecule has 1 saturated carbocycles. The van der Waals surface area contributed by atoms with E-state index < -0.39 is 0 Å². The van der Waals surface area contributed by atoms with Gasteiger partial charge in [0, 0.05) is 0 Å². The number of rotatable bonds is 5. The van der Waals surface area contributed by atoms with Crippen LogP contribution in [0.5, 0.6) is 5.75 Å². The van der Waals surface area contributed by atoms with Gasteiger partial charge in [0.2, 0.25) is 0 Å². The Labute approximate surface area is 163 Å². The molecule has 0 saturated heterocycles. The molecule has 27 heavy (non-hydrogen) atoms. The van der Waals surface area contributed by atoms with Gasteiger partial charge < -0.3 is 4.74 Å². The van der Waals surface area contributed by atoms with E-state index in [1.807, 2.05) is 0 Å². The van der Waals surface area contributed by atoms with Gasteiger partial charge in [-0.2, -0.15) is 0 Å². The number of fused-ring (bicyclic) bond motifs is 1. The van der Waals surface area contributed by atoms with Crippen molar-refractivity contribution in [1.29, 1.82) is 0 Å². The third kappa shape index (κ3) is 4.03. The summed E-state index contributed by atoms with van der Waals surface area (Å²) in [6.07, 6.45) is 7.62. The zero-order valence-electron chi connectivity index (χ0n) is 16.6. The second kappa shape index (κ2) is 8.17. The van der Waals surface area contributed by atoms with E-state index in [-0.39, 0.29) is 0 Å². The van der Waals surface area contributed by atoms with Crippen LogP contribution in [0, 0.1) is 0 Å². The maximum atomic E-state index is 5.34. The van der Waals surface area contributed by atoms with Crippen LogP contribution in [0.3, 0.4) is 0 Å². The molecule has 0 aliphatic heterocycles. The van der Waals surface area contributed by atoms with Crippen LogP contribution < -0.4 is 4.74 Å². The van der Waals surface area contributed by atoms with Crippen molar-refractivity contribution < 1.29 is 4.74 Å². The van der Waals surface area contributed by atoms with Crippen LogP contribution >= 0.6 is 0 Å². The third-order valence-corrected chi connectivity index (χ3v) is 6.26. The Morgan fingerprint density at radius 2 is 1.33 bits per heavy atom. The Morgan fingerprint density at radius 1 is 0.741 bits per heavy atom. The molecular formula is C26H30O. The molecule has 0 bridgehead atoms. The van der Waals surface area contributed by atoms with Crippen molar-refractivity contribution in [2.75, 3.05) is 7.11 Å². The van der Waals surface area contributed by atoms with Crippen molar-refractivity contribution in [2.24, 2.45) is 0 Å². The highest BCUT2D eigenvalue weighted by atomic mass is 16.5. The maximum Gasteiger partial charge on any atom is 0.119 e. The van der Waals surface area contributed by atoms with Gasteiger partial charge in [-0.15, -0.1) is 0 Å². The molecule has 0 radical (unpaired) electrons. The first-order chi connectivity index (χ1) is 13.3. The molecule has 0 amide bonds. The van der Waals surface area contributed by atoms with E-state index in [9.17, 15) is 0 Å². The third-order valence-electron chi connectivity index (χ3n) is 6.26. The van der Waals surface area contributed by atoms with Crippen molar-refractivity contribution in [3.05, 3.63) is 77.4 Å². The summed E-state index contributed by atoms with van der Waals surface area (Å²) in [4.78, 5) is 0. The highest BCUT2D eigenvalue weighted by Gasteiger charge is 2.23. The summed E-state index contributed by atoms with van der Waals surface area (Å²) in [7, 11) is 1.73. The lowest BCUT2D eigenvalue weighted by molar-refractivity contribution is 0.396. The Hall–Kier alpha value is -2.28. The summed E-state index contributed by atoms with van der Waals surface area (Å²) in [5.74, 6) is 2.37. The minimum absolute atomic E-state index is 0.701. The van der Waals surface area contributed by atoms with Gasteiger partial charge in [-0.1, -0.05) is 61.9 Å². The van der Waals surface area contributed by atoms with Crippen LogP contribution in [0.15, 0.2) is 60.7 Å². The van der Waals surface area contributed by atoms with Crippen LogP contribution in [0.25, 0.3) is 10.8 Å². The van der Waals surface area contributed by atoms with Gasteiger partial charge >= 0.3 is 0 Å². The van der Waals surface area contributed by atoms with Crippen LogP contribution in [-0.2, 0) is 6.42 Å². The summed E-state index contributed by atoms with van der Waals surface area (Å²) in [6.45, 7) is 2.25. The molecule has 4 rings (SSSR count). The Balaban J connectivity index is 1.43. The molecule has 0 aromatic heterocycles. The SMILES string of the molecule is CCCc1ccc(C2CCC(c3ccc4cc(OC)ccc4c3)CC2)cc1. The first kappa shape index (κ1) is 18.1. The van der Waals surface area contributed by atoms with Gasteiger partial charge in [0.1, 0.15) is 5.75 Å². The number of hydrogen-bond donors (Lipinski definition) is 0. The minimum Gasteiger partial charge on any atom is -0.497 e. The standard InChI is InChI=1S/C26H30O/c1-3-4-19-5-7-20(8-6-19)21-9-11-22(12-10-21)23-13-14-25-18-26(27-2)16-15-24(25)17-23/h5-8,13-18,21-22H,3-4,9-12H2,1-2H3. The maximum absolute atomic E-state index is 5.34. The summed E-state index contributed by atoms with van der Waals surface area (Å²) < 4.78 is 5.34. The summed E-state index contributed by atoms with van der Waals surface area (Å²) in [5.41, 5.74) is 4.52. The number of benzene rings is 3. The average molecular weight is 359 g/mol. The van der Waals surface area contributed by atoms with E-state index in [4.69, 9.17) is 4.74 Å². The molecule has 0 spiro atoms. The fourth-order valence-electron chi connectivity index (χ4n) is 4.63. The van der Waals surface area contributed by atoms with Crippen molar-refractivity contribution >= 4 is 10.8 Å². The summed E-state index contributed by atoms with van der Waals surface area (Å²) in [6, 6.07) is 22.8. The first-order valence-electron chi connectivity index (χ1n) is 10.4. The van der Waals surface area contributed by atoms with Gasteiger partial charge in [-0.3, -0.25) is 0 Å². The normalized spacial score (nSPS) is 19.9. The second-order valence-electron chi connectivity index (χ2n) is 8.01. The van der Waals surface area contributed by atoms with Crippen LogP contribution in [0.4, 0.5) is 0 Å². The fourth-order valence-corrected chi connectivity index (χ4v) is 4.63. The van der Waals surface area contributed by atoms with E-state index >= 15 is 0 Å². The van der Waals surface area contributed by atoms with Gasteiger partial charge in [0.05, 0.1) is 7.11 Å². The molecule has 140 valence electrons. The van der Waals surface area contributed by atoms with E-state index in [0.29, 0.717) is 5.92 Å². The van der Waals surface area contributed by atoms with Crippen molar-refractivity contribution in [1.82, 2.24) is 0 Å². The van der Waals surface area contributed by atoms with E-state index in [2.05, 4.69) is 67.6 Å². The molecule has 1 fully saturated rings. The monoisotopic (exact) mass is 358 g/mol. The lowest BCUT2D eigenvalue weighted by Gasteiger charge is -2.29. The molecule has 0 N–H and O–H groups in total. The number of aryl methyl sites for hydroxylation is 1. The molecule has 1 heteroatoms. The minimum atomic E-state index is 0.701. The van der Waals surface area contributed by atoms with Crippen LogP contribution in [0.2, 0.25) is 0 Å². The highest BCUT2D eigenvalue weighted by molar-refractivity contribution is 5.84. The molecule has 3 aromatic carbocycles. The average Bonchev–Trinajstić information content (AvgIpc) is 2.74. The molecule has 0 unspecified atom stereocenters. The van der Waals surface area contributed by atoms with Crippen molar-refractivity contribution in [3.63, 3.8) is 0 Å². The number of ether oxygens (including phenoxy) is 1. The lowest BCUT2D eigenvalue weighted by atomic mass is 9.76. The molecule has 1 aliphatic rings. The van der Waals surface area contributed by atoms with Gasteiger partial charge in [0.15, 0.2) is 0 Å².